The molecule has 0 bridgehead atoms. The number of amides is 1. The zero-order valence-electron chi connectivity index (χ0n) is 10.0. The number of nitrogens with one attached hydrogen (secondary N) is 2. The van der Waals surface area contributed by atoms with Crippen molar-refractivity contribution in [1.82, 2.24) is 10.6 Å². The number of hydrogen-bond donors (Lipinski definition) is 3. The van der Waals surface area contributed by atoms with Crippen LogP contribution >= 0.6 is 0 Å². The molecule has 3 N–H and O–H groups in total. The molecule has 0 rings (SSSR count). The number of carbonyl (C=O) groups excluding carboxylic acids is 1. The highest BCUT2D eigenvalue weighted by Crippen LogP contribution is 2.19. The van der Waals surface area contributed by atoms with E-state index in [0.29, 0.717) is 6.54 Å². The molecule has 0 aromatic carbocycles. The van der Waals surface area contributed by atoms with Crippen molar-refractivity contribution in [2.45, 2.75) is 26.8 Å². The molecular weight excluding hydrogens is 208 g/mol. The minimum Gasteiger partial charge on any atom is -0.480 e. The molecule has 1 atom stereocenters. The van der Waals surface area contributed by atoms with Crippen LogP contribution in [0, 0.1) is 5.41 Å². The van der Waals surface area contributed by atoms with Gasteiger partial charge in [-0.05, 0) is 5.41 Å². The largest absolute Gasteiger partial charge is 0.480 e. The highest BCUT2D eigenvalue weighted by atomic mass is 16.4. The fourth-order valence-corrected chi connectivity index (χ4v) is 1.15. The van der Waals surface area contributed by atoms with Crippen LogP contribution in [0.15, 0.2) is 12.7 Å². The molecule has 0 spiro atoms. The van der Waals surface area contributed by atoms with Crippen molar-refractivity contribution in [3.8, 4) is 0 Å². The van der Waals surface area contributed by atoms with E-state index in [4.69, 9.17) is 5.11 Å². The summed E-state index contributed by atoms with van der Waals surface area (Å²) in [6.07, 6.45) is 1.63. The van der Waals surface area contributed by atoms with Gasteiger partial charge in [-0.15, -0.1) is 6.58 Å². The lowest BCUT2D eigenvalue weighted by Crippen LogP contribution is -2.51. The molecule has 0 fully saturated rings. The van der Waals surface area contributed by atoms with E-state index in [1.54, 1.807) is 26.8 Å². The van der Waals surface area contributed by atoms with Crippen LogP contribution in [0.2, 0.25) is 0 Å². The van der Waals surface area contributed by atoms with Gasteiger partial charge in [-0.25, -0.2) is 4.79 Å². The lowest BCUT2D eigenvalue weighted by atomic mass is 9.87. The standard InChI is InChI=1S/C11H20N2O3/c1-5-6-12-7-8(14)13-9(10(15)16)11(2,3)4/h5,9,12H,1,6-7H2,2-4H3,(H,13,14)(H,15,16)/t9-/m1/s1. The number of carboxylic acids is 1. The molecule has 16 heavy (non-hydrogen) atoms. The van der Waals surface area contributed by atoms with Crippen LogP contribution in [0.4, 0.5) is 0 Å². The Kier molecular flexibility index (Phi) is 5.74. The van der Waals surface area contributed by atoms with Gasteiger partial charge >= 0.3 is 5.97 Å². The van der Waals surface area contributed by atoms with E-state index in [1.807, 2.05) is 0 Å². The van der Waals surface area contributed by atoms with Gasteiger partial charge in [-0.1, -0.05) is 26.8 Å². The van der Waals surface area contributed by atoms with Crippen LogP contribution in [0.3, 0.4) is 0 Å². The second-order valence-corrected chi connectivity index (χ2v) is 4.62. The van der Waals surface area contributed by atoms with E-state index in [2.05, 4.69) is 17.2 Å². The molecule has 0 aliphatic rings. The van der Waals surface area contributed by atoms with Crippen molar-refractivity contribution >= 4 is 11.9 Å². The lowest BCUT2D eigenvalue weighted by molar-refractivity contribution is -0.144. The van der Waals surface area contributed by atoms with E-state index in [-0.39, 0.29) is 12.5 Å². The second kappa shape index (κ2) is 6.27. The number of carboxylic acid groups (broad SMARTS) is 1. The summed E-state index contributed by atoms with van der Waals surface area (Å²) in [5.41, 5.74) is -0.514. The molecule has 92 valence electrons. The van der Waals surface area contributed by atoms with Crippen LogP contribution in [-0.4, -0.2) is 36.1 Å². The number of carbonyl (C=O) groups is 2. The quantitative estimate of drug-likeness (QED) is 0.453. The Morgan fingerprint density at radius 3 is 2.38 bits per heavy atom. The second-order valence-electron chi connectivity index (χ2n) is 4.62. The zero-order valence-corrected chi connectivity index (χ0v) is 10.0. The van der Waals surface area contributed by atoms with Crippen LogP contribution in [0.5, 0.6) is 0 Å². The monoisotopic (exact) mass is 228 g/mol. The molecule has 1 amide bonds. The Bertz CT molecular complexity index is 269. The molecular formula is C11H20N2O3. The maximum atomic E-state index is 11.4. The normalized spacial score (nSPS) is 12.9. The first-order chi connectivity index (χ1) is 7.29. The summed E-state index contributed by atoms with van der Waals surface area (Å²) >= 11 is 0. The fraction of sp³-hybridized carbons (Fsp3) is 0.636. The predicted octanol–water partition coefficient (Wildman–Crippen LogP) is 0.377. The van der Waals surface area contributed by atoms with Gasteiger partial charge in [0.15, 0.2) is 0 Å². The van der Waals surface area contributed by atoms with Gasteiger partial charge in [0.05, 0.1) is 6.54 Å². The molecule has 0 aliphatic carbocycles. The van der Waals surface area contributed by atoms with Gasteiger partial charge < -0.3 is 15.7 Å². The third-order valence-electron chi connectivity index (χ3n) is 1.99. The third-order valence-corrected chi connectivity index (χ3v) is 1.99. The van der Waals surface area contributed by atoms with Crippen LogP contribution in [-0.2, 0) is 9.59 Å². The Balaban J connectivity index is 4.25. The van der Waals surface area contributed by atoms with E-state index >= 15 is 0 Å². The molecule has 0 aromatic rings. The van der Waals surface area contributed by atoms with Gasteiger partial charge in [0, 0.05) is 6.54 Å². The number of aliphatic carboxylic acids is 1. The first-order valence-corrected chi connectivity index (χ1v) is 5.13. The summed E-state index contributed by atoms with van der Waals surface area (Å²) in [6, 6.07) is -0.884. The minimum atomic E-state index is -1.02. The number of rotatable bonds is 6. The van der Waals surface area contributed by atoms with Crippen molar-refractivity contribution in [3.63, 3.8) is 0 Å². The molecule has 0 aromatic heterocycles. The first kappa shape index (κ1) is 14.6. The Morgan fingerprint density at radius 1 is 1.44 bits per heavy atom. The van der Waals surface area contributed by atoms with Gasteiger partial charge in [0.2, 0.25) is 5.91 Å². The van der Waals surface area contributed by atoms with Crippen molar-refractivity contribution in [1.29, 1.82) is 0 Å². The highest BCUT2D eigenvalue weighted by Gasteiger charge is 2.32. The summed E-state index contributed by atoms with van der Waals surface area (Å²) in [7, 11) is 0. The van der Waals surface area contributed by atoms with Gasteiger partial charge in [-0.2, -0.15) is 0 Å². The van der Waals surface area contributed by atoms with Gasteiger partial charge in [0.1, 0.15) is 6.04 Å². The Hall–Kier alpha value is -1.36. The third kappa shape index (κ3) is 5.50. The van der Waals surface area contributed by atoms with E-state index in [0.717, 1.165) is 0 Å². The van der Waals surface area contributed by atoms with Crippen molar-refractivity contribution in [3.05, 3.63) is 12.7 Å². The van der Waals surface area contributed by atoms with Crippen LogP contribution in [0.1, 0.15) is 20.8 Å². The fourth-order valence-electron chi connectivity index (χ4n) is 1.15. The van der Waals surface area contributed by atoms with Crippen LogP contribution in [0.25, 0.3) is 0 Å². The summed E-state index contributed by atoms with van der Waals surface area (Å²) < 4.78 is 0. The SMILES string of the molecule is C=CCNCC(=O)N[C@H](C(=O)O)C(C)(C)C. The zero-order chi connectivity index (χ0) is 12.8. The first-order valence-electron chi connectivity index (χ1n) is 5.13. The minimum absolute atomic E-state index is 0.0892. The average Bonchev–Trinajstić information content (AvgIpc) is 2.12. The maximum absolute atomic E-state index is 11.4. The molecule has 5 heteroatoms. The summed E-state index contributed by atoms with van der Waals surface area (Å²) in [6.45, 7) is 9.40. The van der Waals surface area contributed by atoms with E-state index in [1.165, 1.54) is 0 Å². The molecule has 5 nitrogen and oxygen atoms in total. The topological polar surface area (TPSA) is 78.4 Å². The van der Waals surface area contributed by atoms with E-state index in [9.17, 15) is 9.59 Å². The smallest absolute Gasteiger partial charge is 0.326 e. The summed E-state index contributed by atoms with van der Waals surface area (Å²) in [5.74, 6) is -1.35. The lowest BCUT2D eigenvalue weighted by Gasteiger charge is -2.27. The summed E-state index contributed by atoms with van der Waals surface area (Å²) in [4.78, 5) is 22.4. The molecule has 0 aliphatic heterocycles. The van der Waals surface area contributed by atoms with Crippen molar-refractivity contribution < 1.29 is 14.7 Å². The molecule has 0 saturated heterocycles. The van der Waals surface area contributed by atoms with Crippen LogP contribution < -0.4 is 10.6 Å². The maximum Gasteiger partial charge on any atom is 0.326 e. The summed E-state index contributed by atoms with van der Waals surface area (Å²) in [5, 5.41) is 14.3. The molecule has 0 saturated carbocycles. The Morgan fingerprint density at radius 2 is 2.00 bits per heavy atom. The van der Waals surface area contributed by atoms with Gasteiger partial charge in [0.25, 0.3) is 0 Å². The van der Waals surface area contributed by atoms with E-state index < -0.39 is 17.4 Å². The molecule has 0 unspecified atom stereocenters. The molecule has 0 radical (unpaired) electrons. The highest BCUT2D eigenvalue weighted by molar-refractivity contribution is 5.85. The van der Waals surface area contributed by atoms with Crippen molar-refractivity contribution in [2.75, 3.05) is 13.1 Å². The van der Waals surface area contributed by atoms with Crippen molar-refractivity contribution in [2.24, 2.45) is 5.41 Å². The Labute approximate surface area is 95.9 Å². The predicted molar refractivity (Wildman–Crippen MR) is 62.1 cm³/mol. The molecule has 0 heterocycles. The average molecular weight is 228 g/mol. The number of hydrogen-bond acceptors (Lipinski definition) is 3. The van der Waals surface area contributed by atoms with Gasteiger partial charge in [-0.3, -0.25) is 4.79 Å².